The molecule has 0 unspecified atom stereocenters. The number of benzene rings is 2. The minimum Gasteiger partial charge on any atom is -0.392 e. The van der Waals surface area contributed by atoms with Gasteiger partial charge in [0.05, 0.1) is 6.61 Å². The van der Waals surface area contributed by atoms with E-state index in [-0.39, 0.29) is 29.1 Å². The second-order valence-corrected chi connectivity index (χ2v) is 7.55. The molecule has 1 atom stereocenters. The Bertz CT molecular complexity index is 768. The van der Waals surface area contributed by atoms with Crippen LogP contribution in [0, 0.1) is 11.2 Å². The van der Waals surface area contributed by atoms with E-state index in [1.54, 1.807) is 12.1 Å². The molecule has 0 bridgehead atoms. The van der Waals surface area contributed by atoms with E-state index in [2.05, 4.69) is 13.8 Å². The summed E-state index contributed by atoms with van der Waals surface area (Å²) in [6.45, 7) is 4.28. The van der Waals surface area contributed by atoms with E-state index in [1.165, 1.54) is 6.07 Å². The first-order valence-electron chi connectivity index (χ1n) is 8.65. The summed E-state index contributed by atoms with van der Waals surface area (Å²) >= 11 is 0. The molecule has 0 aromatic heterocycles. The summed E-state index contributed by atoms with van der Waals surface area (Å²) in [4.78, 5) is 0. The number of aliphatic hydroxyl groups excluding tert-OH is 1. The summed E-state index contributed by atoms with van der Waals surface area (Å²) in [6.07, 6.45) is 0.493. The molecule has 2 aromatic rings. The van der Waals surface area contributed by atoms with E-state index in [0.29, 0.717) is 5.56 Å². The maximum Gasteiger partial charge on any atom is 0.263 e. The van der Waals surface area contributed by atoms with Gasteiger partial charge in [-0.2, -0.15) is 0 Å². The zero-order valence-electron chi connectivity index (χ0n) is 14.5. The lowest BCUT2D eigenvalue weighted by Gasteiger charge is -2.30. The van der Waals surface area contributed by atoms with Crippen LogP contribution in [0.1, 0.15) is 62.1 Å². The molecule has 25 heavy (non-hydrogen) atoms. The second kappa shape index (κ2) is 6.83. The lowest BCUT2D eigenvalue weighted by Crippen LogP contribution is -2.16. The average Bonchev–Trinajstić information content (AvgIpc) is 2.93. The van der Waals surface area contributed by atoms with Gasteiger partial charge in [-0.05, 0) is 53.0 Å². The first-order chi connectivity index (χ1) is 11.8. The molecule has 1 nitrogen and oxygen atoms in total. The van der Waals surface area contributed by atoms with Crippen LogP contribution in [0.15, 0.2) is 36.4 Å². The van der Waals surface area contributed by atoms with E-state index in [0.717, 1.165) is 42.5 Å². The van der Waals surface area contributed by atoms with Gasteiger partial charge in [-0.15, -0.1) is 0 Å². The Kier molecular flexibility index (Phi) is 4.92. The van der Waals surface area contributed by atoms with Gasteiger partial charge in [-0.3, -0.25) is 0 Å². The van der Waals surface area contributed by atoms with Crippen LogP contribution in [-0.4, -0.2) is 5.11 Å². The van der Waals surface area contributed by atoms with Crippen LogP contribution in [0.25, 0.3) is 11.1 Å². The largest absolute Gasteiger partial charge is 0.392 e. The van der Waals surface area contributed by atoms with Crippen LogP contribution in [0.3, 0.4) is 0 Å². The summed E-state index contributed by atoms with van der Waals surface area (Å²) in [6, 6.07) is 8.88. The van der Waals surface area contributed by atoms with Gasteiger partial charge in [-0.25, -0.2) is 13.2 Å². The van der Waals surface area contributed by atoms with E-state index in [9.17, 15) is 18.3 Å². The van der Waals surface area contributed by atoms with Gasteiger partial charge in [0.15, 0.2) is 0 Å². The minimum atomic E-state index is -2.64. The molecule has 4 heteroatoms. The van der Waals surface area contributed by atoms with Gasteiger partial charge >= 0.3 is 0 Å². The van der Waals surface area contributed by atoms with Gasteiger partial charge in [-0.1, -0.05) is 44.5 Å². The van der Waals surface area contributed by atoms with Gasteiger partial charge in [0.25, 0.3) is 6.43 Å². The Morgan fingerprint density at radius 1 is 1.12 bits per heavy atom. The lowest BCUT2D eigenvalue weighted by molar-refractivity contribution is 0.151. The molecule has 0 saturated heterocycles. The Hall–Kier alpha value is -1.81. The van der Waals surface area contributed by atoms with E-state index in [4.69, 9.17) is 0 Å². The monoisotopic (exact) mass is 348 g/mol. The van der Waals surface area contributed by atoms with Crippen LogP contribution in [0.4, 0.5) is 13.2 Å². The zero-order chi connectivity index (χ0) is 18.2. The minimum absolute atomic E-state index is 0.0552. The molecule has 3 rings (SSSR count). The molecule has 1 fully saturated rings. The van der Waals surface area contributed by atoms with Crippen LogP contribution < -0.4 is 0 Å². The van der Waals surface area contributed by atoms with Crippen molar-refractivity contribution < 1.29 is 18.3 Å². The molecule has 0 heterocycles. The van der Waals surface area contributed by atoms with E-state index < -0.39 is 12.2 Å². The Morgan fingerprint density at radius 2 is 1.88 bits per heavy atom. The fourth-order valence-electron chi connectivity index (χ4n) is 4.03. The molecule has 0 radical (unpaired) electrons. The Balaban J connectivity index is 2.18. The summed E-state index contributed by atoms with van der Waals surface area (Å²) in [5.41, 5.74) is 2.43. The topological polar surface area (TPSA) is 20.2 Å². The molecule has 1 N–H and O–H groups in total. The molecule has 0 aliphatic heterocycles. The van der Waals surface area contributed by atoms with Gasteiger partial charge in [0, 0.05) is 11.1 Å². The van der Waals surface area contributed by atoms with Crippen LogP contribution >= 0.6 is 0 Å². The van der Waals surface area contributed by atoms with Crippen LogP contribution in [0.2, 0.25) is 0 Å². The highest BCUT2D eigenvalue weighted by Gasteiger charge is 2.37. The highest BCUT2D eigenvalue weighted by Crippen LogP contribution is 2.51. The third-order valence-electron chi connectivity index (χ3n) is 5.46. The fraction of sp³-hybridized carbons (Fsp3) is 0.429. The number of rotatable bonds is 4. The smallest absolute Gasteiger partial charge is 0.263 e. The SMILES string of the molecule is CC1(C)CCC[C@@H]1c1cc(CO)ccc1-c1cc(C(F)F)ccc1F. The molecule has 1 aliphatic rings. The standard InChI is InChI=1S/C21H23F3O/c1-21(2)9-3-4-18(21)16-10-13(12-25)5-7-15(16)17-11-14(20(23)24)6-8-19(17)22/h5-8,10-11,18,20,25H,3-4,9,12H2,1-2H3/t18-/m1/s1. The van der Waals surface area contributed by atoms with Crippen molar-refractivity contribution in [2.75, 3.05) is 0 Å². The maximum atomic E-state index is 14.5. The summed E-state index contributed by atoms with van der Waals surface area (Å²) in [7, 11) is 0. The third-order valence-corrected chi connectivity index (χ3v) is 5.46. The normalized spacial score (nSPS) is 19.6. The van der Waals surface area contributed by atoms with Crippen LogP contribution in [0.5, 0.6) is 0 Å². The van der Waals surface area contributed by atoms with Gasteiger partial charge < -0.3 is 5.11 Å². The van der Waals surface area contributed by atoms with Crippen molar-refractivity contribution in [1.29, 1.82) is 0 Å². The first-order valence-corrected chi connectivity index (χ1v) is 8.65. The van der Waals surface area contributed by atoms with Gasteiger partial charge in [0.2, 0.25) is 0 Å². The maximum absolute atomic E-state index is 14.5. The molecular formula is C21H23F3O. The predicted molar refractivity (Wildman–Crippen MR) is 93.1 cm³/mol. The lowest BCUT2D eigenvalue weighted by atomic mass is 9.75. The predicted octanol–water partition coefficient (Wildman–Crippen LogP) is 6.22. The molecule has 2 aromatic carbocycles. The first kappa shape index (κ1) is 18.0. The molecule has 1 saturated carbocycles. The second-order valence-electron chi connectivity index (χ2n) is 7.55. The summed E-state index contributed by atoms with van der Waals surface area (Å²) in [5.74, 6) is -0.290. The third kappa shape index (κ3) is 3.45. The van der Waals surface area contributed by atoms with Crippen molar-refractivity contribution in [2.24, 2.45) is 5.41 Å². The summed E-state index contributed by atoms with van der Waals surface area (Å²) < 4.78 is 40.6. The van der Waals surface area contributed by atoms with Crippen molar-refractivity contribution in [1.82, 2.24) is 0 Å². The van der Waals surface area contributed by atoms with Crippen molar-refractivity contribution in [2.45, 2.75) is 52.1 Å². The van der Waals surface area contributed by atoms with E-state index in [1.807, 2.05) is 6.07 Å². The highest BCUT2D eigenvalue weighted by molar-refractivity contribution is 5.70. The zero-order valence-corrected chi connectivity index (χ0v) is 14.5. The van der Waals surface area contributed by atoms with Gasteiger partial charge in [0.1, 0.15) is 5.82 Å². The quantitative estimate of drug-likeness (QED) is 0.696. The van der Waals surface area contributed by atoms with E-state index >= 15 is 0 Å². The van der Waals surface area contributed by atoms with Crippen molar-refractivity contribution in [3.05, 3.63) is 58.9 Å². The molecule has 0 spiro atoms. The van der Waals surface area contributed by atoms with Crippen molar-refractivity contribution in [3.8, 4) is 11.1 Å². The highest BCUT2D eigenvalue weighted by atomic mass is 19.3. The van der Waals surface area contributed by atoms with Crippen molar-refractivity contribution in [3.63, 3.8) is 0 Å². The summed E-state index contributed by atoms with van der Waals surface area (Å²) in [5, 5.41) is 9.49. The Morgan fingerprint density at radius 3 is 2.48 bits per heavy atom. The molecule has 134 valence electrons. The number of hydrogen-bond donors (Lipinski definition) is 1. The number of aliphatic hydroxyl groups is 1. The average molecular weight is 348 g/mol. The number of hydrogen-bond acceptors (Lipinski definition) is 1. The van der Waals surface area contributed by atoms with Crippen LogP contribution in [-0.2, 0) is 6.61 Å². The molecule has 0 amide bonds. The molecule has 1 aliphatic carbocycles. The van der Waals surface area contributed by atoms with Crippen molar-refractivity contribution >= 4 is 0 Å². The number of halogens is 3. The molecular weight excluding hydrogens is 325 g/mol. The fourth-order valence-corrected chi connectivity index (χ4v) is 4.03. The Labute approximate surface area is 146 Å². The number of alkyl halides is 2.